The number of aromatic nitrogens is 5. The van der Waals surface area contributed by atoms with Gasteiger partial charge in [0.25, 0.3) is 0 Å². The highest BCUT2D eigenvalue weighted by Crippen LogP contribution is 2.50. The molecule has 1 saturated heterocycles. The maximum Gasteiger partial charge on any atom is 0.154 e. The van der Waals surface area contributed by atoms with Gasteiger partial charge in [-0.3, -0.25) is 9.97 Å². The van der Waals surface area contributed by atoms with Crippen molar-refractivity contribution in [1.29, 1.82) is 0 Å². The summed E-state index contributed by atoms with van der Waals surface area (Å²) in [5.74, 6) is 0.949. The molecule has 0 radical (unpaired) electrons. The molecule has 0 unspecified atom stereocenters. The van der Waals surface area contributed by atoms with E-state index in [1.807, 2.05) is 48.2 Å². The summed E-state index contributed by atoms with van der Waals surface area (Å²) in [5.41, 5.74) is 12.7. The van der Waals surface area contributed by atoms with Crippen LogP contribution in [0.3, 0.4) is 0 Å². The summed E-state index contributed by atoms with van der Waals surface area (Å²) in [6, 6.07) is 8.10. The Morgan fingerprint density at radius 1 is 1.06 bits per heavy atom. The third kappa shape index (κ3) is 3.38. The van der Waals surface area contributed by atoms with E-state index in [1.54, 1.807) is 6.20 Å². The average molecular weight is 482 g/mol. The number of hydrogen-bond donors (Lipinski definition) is 1. The quantitative estimate of drug-likeness (QED) is 0.456. The van der Waals surface area contributed by atoms with E-state index in [9.17, 15) is 0 Å². The van der Waals surface area contributed by atoms with Crippen molar-refractivity contribution in [2.24, 2.45) is 11.1 Å². The zero-order chi connectivity index (χ0) is 21.9. The van der Waals surface area contributed by atoms with Gasteiger partial charge in [0.1, 0.15) is 5.52 Å². The molecular weight excluding hydrogens is 457 g/mol. The molecule has 1 aliphatic heterocycles. The summed E-state index contributed by atoms with van der Waals surface area (Å²) in [5, 5.41) is 5.20. The van der Waals surface area contributed by atoms with Crippen LogP contribution in [0.25, 0.3) is 16.8 Å². The fraction of sp³-hybridized carbons (Fsp3) is 0.333. The number of hydrogen-bond acceptors (Lipinski definition) is 6. The van der Waals surface area contributed by atoms with Gasteiger partial charge in [-0.15, -0.1) is 12.4 Å². The molecule has 1 aliphatic carbocycles. The molecule has 2 aliphatic rings. The minimum absolute atomic E-state index is 0. The monoisotopic (exact) mass is 481 g/mol. The van der Waals surface area contributed by atoms with Crippen LogP contribution in [0.2, 0.25) is 5.02 Å². The number of nitrogens with zero attached hydrogens (tertiary/aromatic N) is 6. The summed E-state index contributed by atoms with van der Waals surface area (Å²) in [6.07, 6.45) is 10.3. The lowest BCUT2D eigenvalue weighted by Gasteiger charge is -2.42. The summed E-state index contributed by atoms with van der Waals surface area (Å²) < 4.78 is 1.93. The standard InChI is InChI=1S/C24H24ClN7.ClH/c1-15-21(25)17(4-9-27-15)20-14-29-23(19-5-10-30-32(19)20)31-11-6-24(7-12-31)13-18-16(22(24)26)3-2-8-28-18;/h2-5,8-10,14,22H,6-7,11-13,26H2,1H3;1H/t22-;/m1./s1. The smallest absolute Gasteiger partial charge is 0.154 e. The molecule has 7 nitrogen and oxygen atoms in total. The van der Waals surface area contributed by atoms with Gasteiger partial charge in [-0.1, -0.05) is 17.7 Å². The summed E-state index contributed by atoms with van der Waals surface area (Å²) in [4.78, 5) is 16.1. The number of aryl methyl sites for hydroxylation is 1. The predicted octanol–water partition coefficient (Wildman–Crippen LogP) is 4.41. The molecule has 0 aromatic carbocycles. The second kappa shape index (κ2) is 8.24. The molecule has 9 heteroatoms. The van der Waals surface area contributed by atoms with Gasteiger partial charge in [-0.2, -0.15) is 5.10 Å². The molecule has 1 fully saturated rings. The molecule has 0 amide bonds. The molecule has 4 aromatic heterocycles. The Hall–Kier alpha value is -2.74. The Bertz CT molecular complexity index is 1330. The van der Waals surface area contributed by atoms with E-state index in [1.165, 1.54) is 11.3 Å². The number of anilines is 1. The van der Waals surface area contributed by atoms with Gasteiger partial charge < -0.3 is 10.6 Å². The Morgan fingerprint density at radius 3 is 2.67 bits per heavy atom. The van der Waals surface area contributed by atoms with Crippen molar-refractivity contribution in [3.63, 3.8) is 0 Å². The predicted molar refractivity (Wildman–Crippen MR) is 132 cm³/mol. The van der Waals surface area contributed by atoms with Crippen molar-refractivity contribution in [3.05, 3.63) is 71.0 Å². The first-order chi connectivity index (χ1) is 15.6. The highest BCUT2D eigenvalue weighted by Gasteiger charge is 2.46. The Labute approximate surface area is 203 Å². The van der Waals surface area contributed by atoms with Crippen LogP contribution in [-0.4, -0.2) is 37.7 Å². The van der Waals surface area contributed by atoms with E-state index in [-0.39, 0.29) is 23.9 Å². The average Bonchev–Trinajstić information content (AvgIpc) is 3.40. The SMILES string of the molecule is Cc1nccc(-c2cnc(N3CCC4(CC3)Cc3ncccc3[C@H]4N)c3ccnn23)c1Cl.Cl. The highest BCUT2D eigenvalue weighted by molar-refractivity contribution is 6.33. The van der Waals surface area contributed by atoms with Gasteiger partial charge in [-0.25, -0.2) is 9.50 Å². The molecule has 2 N–H and O–H groups in total. The molecule has 0 saturated carbocycles. The Kier molecular flexibility index (Phi) is 5.51. The second-order valence-electron chi connectivity index (χ2n) is 8.90. The van der Waals surface area contributed by atoms with Gasteiger partial charge in [0, 0.05) is 42.8 Å². The number of halogens is 2. The molecular formula is C24H25Cl2N7. The van der Waals surface area contributed by atoms with Crippen LogP contribution in [0.5, 0.6) is 0 Å². The van der Waals surface area contributed by atoms with Crippen molar-refractivity contribution >= 4 is 35.3 Å². The number of fused-ring (bicyclic) bond motifs is 2. The minimum atomic E-state index is 0. The van der Waals surface area contributed by atoms with Gasteiger partial charge >= 0.3 is 0 Å². The largest absolute Gasteiger partial charge is 0.355 e. The maximum absolute atomic E-state index is 6.72. The van der Waals surface area contributed by atoms with Crippen molar-refractivity contribution in [1.82, 2.24) is 24.6 Å². The van der Waals surface area contributed by atoms with Crippen LogP contribution in [0.1, 0.15) is 35.8 Å². The minimum Gasteiger partial charge on any atom is -0.355 e. The van der Waals surface area contributed by atoms with E-state index < -0.39 is 0 Å². The van der Waals surface area contributed by atoms with Gasteiger partial charge in [0.05, 0.1) is 28.8 Å². The fourth-order valence-electron chi connectivity index (χ4n) is 5.39. The number of rotatable bonds is 2. The zero-order valence-corrected chi connectivity index (χ0v) is 19.9. The number of pyridine rings is 2. The third-order valence-electron chi connectivity index (χ3n) is 7.25. The molecule has 5 heterocycles. The molecule has 33 heavy (non-hydrogen) atoms. The van der Waals surface area contributed by atoms with Crippen molar-refractivity contribution < 1.29 is 0 Å². The van der Waals surface area contributed by atoms with E-state index >= 15 is 0 Å². The molecule has 1 atom stereocenters. The van der Waals surface area contributed by atoms with E-state index in [0.717, 1.165) is 60.6 Å². The van der Waals surface area contributed by atoms with Gasteiger partial charge in [-0.05, 0) is 55.4 Å². The lowest BCUT2D eigenvalue weighted by Crippen LogP contribution is -2.44. The van der Waals surface area contributed by atoms with Crippen molar-refractivity contribution in [2.75, 3.05) is 18.0 Å². The first kappa shape index (κ1) is 22.1. The van der Waals surface area contributed by atoms with Crippen LogP contribution in [0, 0.1) is 12.3 Å². The zero-order valence-electron chi connectivity index (χ0n) is 18.3. The first-order valence-corrected chi connectivity index (χ1v) is 11.3. The molecule has 0 bridgehead atoms. The van der Waals surface area contributed by atoms with Gasteiger partial charge in [0.15, 0.2) is 5.82 Å². The lowest BCUT2D eigenvalue weighted by molar-refractivity contribution is 0.187. The summed E-state index contributed by atoms with van der Waals surface area (Å²) >= 11 is 6.55. The Morgan fingerprint density at radius 2 is 1.88 bits per heavy atom. The third-order valence-corrected chi connectivity index (χ3v) is 7.72. The fourth-order valence-corrected chi connectivity index (χ4v) is 5.60. The van der Waals surface area contributed by atoms with Crippen LogP contribution < -0.4 is 10.6 Å². The van der Waals surface area contributed by atoms with Crippen molar-refractivity contribution in [3.8, 4) is 11.3 Å². The number of nitrogens with two attached hydrogens (primary N) is 1. The van der Waals surface area contributed by atoms with Crippen molar-refractivity contribution in [2.45, 2.75) is 32.2 Å². The van der Waals surface area contributed by atoms with E-state index in [4.69, 9.17) is 22.3 Å². The number of piperidine rings is 1. The molecule has 170 valence electrons. The molecule has 4 aromatic rings. The Balaban J connectivity index is 0.00000228. The summed E-state index contributed by atoms with van der Waals surface area (Å²) in [7, 11) is 0. The molecule has 1 spiro atoms. The van der Waals surface area contributed by atoms with Gasteiger partial charge in [0.2, 0.25) is 0 Å². The normalized spacial score (nSPS) is 19.0. The van der Waals surface area contributed by atoms with E-state index in [2.05, 4.69) is 26.0 Å². The van der Waals surface area contributed by atoms with Crippen LogP contribution in [0.15, 0.2) is 49.1 Å². The highest BCUT2D eigenvalue weighted by atomic mass is 35.5. The lowest BCUT2D eigenvalue weighted by atomic mass is 9.73. The second-order valence-corrected chi connectivity index (χ2v) is 9.27. The maximum atomic E-state index is 6.72. The first-order valence-electron chi connectivity index (χ1n) is 11.0. The summed E-state index contributed by atoms with van der Waals surface area (Å²) in [6.45, 7) is 3.72. The van der Waals surface area contributed by atoms with E-state index in [0.29, 0.717) is 5.02 Å². The van der Waals surface area contributed by atoms with Crippen LogP contribution in [-0.2, 0) is 6.42 Å². The molecule has 6 rings (SSSR count). The topological polar surface area (TPSA) is 85.2 Å². The van der Waals surface area contributed by atoms with Crippen LogP contribution >= 0.6 is 24.0 Å². The van der Waals surface area contributed by atoms with Crippen LogP contribution in [0.4, 0.5) is 5.82 Å².